The van der Waals surface area contributed by atoms with E-state index in [0.29, 0.717) is 28.9 Å². The maximum Gasteiger partial charge on any atom is 0.260 e. The van der Waals surface area contributed by atoms with Crippen LogP contribution in [0.1, 0.15) is 12.0 Å². The summed E-state index contributed by atoms with van der Waals surface area (Å²) in [5.41, 5.74) is 2.24. The molecule has 1 aliphatic rings. The van der Waals surface area contributed by atoms with Crippen LogP contribution < -0.4 is 4.74 Å². The van der Waals surface area contributed by atoms with E-state index in [-0.39, 0.29) is 18.3 Å². The van der Waals surface area contributed by atoms with Crippen LogP contribution in [-0.4, -0.2) is 35.6 Å². The Balaban J connectivity index is 1.56. The van der Waals surface area contributed by atoms with Gasteiger partial charge in [-0.1, -0.05) is 41.4 Å². The van der Waals surface area contributed by atoms with Crippen molar-refractivity contribution in [2.75, 3.05) is 19.7 Å². The second-order valence-electron chi connectivity index (χ2n) is 5.73. The maximum atomic E-state index is 12.3. The summed E-state index contributed by atoms with van der Waals surface area (Å²) < 4.78 is 5.50. The SMILES string of the molecule is O=C(COc1ccc(Cl)cc1Cl)N1CC=C(c2ccc(O)cc2)CC1. The minimum absolute atomic E-state index is 0.0657. The molecule has 1 N–H and O–H groups in total. The predicted octanol–water partition coefficient (Wildman–Crippen LogP) is 4.39. The number of aromatic hydroxyl groups is 1. The summed E-state index contributed by atoms with van der Waals surface area (Å²) in [6.45, 7) is 1.10. The van der Waals surface area contributed by atoms with Crippen molar-refractivity contribution < 1.29 is 14.6 Å². The van der Waals surface area contributed by atoms with Crippen molar-refractivity contribution in [1.29, 1.82) is 0 Å². The summed E-state index contributed by atoms with van der Waals surface area (Å²) in [5, 5.41) is 10.3. The second-order valence-corrected chi connectivity index (χ2v) is 6.57. The standard InChI is InChI=1S/C19H17Cl2NO3/c20-15-3-6-18(17(21)11-15)25-12-19(24)22-9-7-14(8-10-22)13-1-4-16(23)5-2-13/h1-7,11,23H,8-10,12H2. The highest BCUT2D eigenvalue weighted by Gasteiger charge is 2.18. The molecule has 3 rings (SSSR count). The first-order valence-corrected chi connectivity index (χ1v) is 8.62. The van der Waals surface area contributed by atoms with Gasteiger partial charge < -0.3 is 14.7 Å². The van der Waals surface area contributed by atoms with Gasteiger partial charge in [0.25, 0.3) is 5.91 Å². The molecule has 0 aromatic heterocycles. The van der Waals surface area contributed by atoms with E-state index in [4.69, 9.17) is 27.9 Å². The number of hydrogen-bond donors (Lipinski definition) is 1. The van der Waals surface area contributed by atoms with Crippen molar-refractivity contribution in [3.05, 3.63) is 64.1 Å². The largest absolute Gasteiger partial charge is 0.508 e. The Bertz CT molecular complexity index is 803. The van der Waals surface area contributed by atoms with Crippen LogP contribution in [0.15, 0.2) is 48.5 Å². The lowest BCUT2D eigenvalue weighted by atomic mass is 9.99. The normalized spacial score (nSPS) is 14.2. The Morgan fingerprint density at radius 2 is 1.92 bits per heavy atom. The third kappa shape index (κ3) is 4.47. The van der Waals surface area contributed by atoms with E-state index in [0.717, 1.165) is 12.0 Å². The molecule has 1 heterocycles. The van der Waals surface area contributed by atoms with E-state index in [2.05, 4.69) is 0 Å². The van der Waals surface area contributed by atoms with E-state index in [1.54, 1.807) is 35.2 Å². The number of phenolic OH excluding ortho intramolecular Hbond substituents is 1. The number of ether oxygens (including phenoxy) is 1. The molecule has 0 atom stereocenters. The molecule has 0 saturated heterocycles. The van der Waals surface area contributed by atoms with Crippen molar-refractivity contribution in [3.63, 3.8) is 0 Å². The van der Waals surface area contributed by atoms with Crippen LogP contribution in [-0.2, 0) is 4.79 Å². The lowest BCUT2D eigenvalue weighted by Crippen LogP contribution is -2.37. The minimum atomic E-state index is -0.0907. The lowest BCUT2D eigenvalue weighted by Gasteiger charge is -2.26. The van der Waals surface area contributed by atoms with Crippen LogP contribution in [0.5, 0.6) is 11.5 Å². The zero-order valence-electron chi connectivity index (χ0n) is 13.4. The molecule has 130 valence electrons. The summed E-state index contributed by atoms with van der Waals surface area (Å²) in [6.07, 6.45) is 2.79. The van der Waals surface area contributed by atoms with Gasteiger partial charge in [-0.25, -0.2) is 0 Å². The number of halogens is 2. The van der Waals surface area contributed by atoms with E-state index in [9.17, 15) is 9.90 Å². The van der Waals surface area contributed by atoms with Gasteiger partial charge in [-0.15, -0.1) is 0 Å². The van der Waals surface area contributed by atoms with Crippen LogP contribution in [0.25, 0.3) is 5.57 Å². The first kappa shape index (κ1) is 17.6. The van der Waals surface area contributed by atoms with E-state index >= 15 is 0 Å². The molecule has 1 amide bonds. The smallest absolute Gasteiger partial charge is 0.260 e. The molecule has 6 heteroatoms. The van der Waals surface area contributed by atoms with Crippen molar-refractivity contribution in [3.8, 4) is 11.5 Å². The third-order valence-corrected chi connectivity index (χ3v) is 4.58. The van der Waals surface area contributed by atoms with Crippen LogP contribution in [0.3, 0.4) is 0 Å². The molecular weight excluding hydrogens is 361 g/mol. The summed E-state index contributed by atoms with van der Waals surface area (Å²) >= 11 is 11.9. The average molecular weight is 378 g/mol. The lowest BCUT2D eigenvalue weighted by molar-refractivity contribution is -0.132. The number of amides is 1. The molecule has 2 aromatic rings. The Morgan fingerprint density at radius 3 is 2.56 bits per heavy atom. The van der Waals surface area contributed by atoms with Gasteiger partial charge in [0, 0.05) is 18.1 Å². The third-order valence-electron chi connectivity index (χ3n) is 4.05. The summed E-state index contributed by atoms with van der Waals surface area (Å²) in [6, 6.07) is 12.0. The summed E-state index contributed by atoms with van der Waals surface area (Å²) in [5.74, 6) is 0.596. The van der Waals surface area contributed by atoms with Crippen LogP contribution in [0.2, 0.25) is 10.0 Å². The van der Waals surface area contributed by atoms with Crippen molar-refractivity contribution >= 4 is 34.7 Å². The molecule has 1 aliphatic heterocycles. The van der Waals surface area contributed by atoms with Crippen molar-refractivity contribution in [2.24, 2.45) is 0 Å². The van der Waals surface area contributed by atoms with Gasteiger partial charge in [0.1, 0.15) is 11.5 Å². The molecule has 4 nitrogen and oxygen atoms in total. The van der Waals surface area contributed by atoms with Gasteiger partial charge in [0.15, 0.2) is 6.61 Å². The van der Waals surface area contributed by atoms with Gasteiger partial charge in [-0.3, -0.25) is 4.79 Å². The number of phenols is 1. The number of carbonyl (C=O) groups excluding carboxylic acids is 1. The zero-order chi connectivity index (χ0) is 17.8. The highest BCUT2D eigenvalue weighted by Crippen LogP contribution is 2.28. The zero-order valence-corrected chi connectivity index (χ0v) is 14.9. The highest BCUT2D eigenvalue weighted by atomic mass is 35.5. The first-order valence-electron chi connectivity index (χ1n) is 7.87. The number of benzene rings is 2. The summed E-state index contributed by atoms with van der Waals surface area (Å²) in [4.78, 5) is 14.1. The Kier molecular flexibility index (Phi) is 5.51. The number of hydrogen-bond acceptors (Lipinski definition) is 3. The monoisotopic (exact) mass is 377 g/mol. The molecule has 0 bridgehead atoms. The number of nitrogens with zero attached hydrogens (tertiary/aromatic N) is 1. The molecule has 2 aromatic carbocycles. The van der Waals surface area contributed by atoms with Crippen molar-refractivity contribution in [2.45, 2.75) is 6.42 Å². The molecule has 0 aliphatic carbocycles. The first-order chi connectivity index (χ1) is 12.0. The van der Waals surface area contributed by atoms with Crippen LogP contribution in [0, 0.1) is 0 Å². The quantitative estimate of drug-likeness (QED) is 0.858. The average Bonchev–Trinajstić information content (AvgIpc) is 2.61. The van der Waals surface area contributed by atoms with Gasteiger partial charge in [0.2, 0.25) is 0 Å². The molecule has 25 heavy (non-hydrogen) atoms. The van der Waals surface area contributed by atoms with Gasteiger partial charge >= 0.3 is 0 Å². The van der Waals surface area contributed by atoms with Gasteiger partial charge in [-0.2, -0.15) is 0 Å². The fraction of sp³-hybridized carbons (Fsp3) is 0.211. The fourth-order valence-corrected chi connectivity index (χ4v) is 3.12. The van der Waals surface area contributed by atoms with E-state index in [1.807, 2.05) is 18.2 Å². The molecule has 0 radical (unpaired) electrons. The van der Waals surface area contributed by atoms with Crippen LogP contribution >= 0.6 is 23.2 Å². The minimum Gasteiger partial charge on any atom is -0.508 e. The Morgan fingerprint density at radius 1 is 1.16 bits per heavy atom. The Hall–Kier alpha value is -2.17. The molecule has 0 fully saturated rings. The highest BCUT2D eigenvalue weighted by molar-refractivity contribution is 6.35. The summed E-state index contributed by atoms with van der Waals surface area (Å²) in [7, 11) is 0. The molecule has 0 saturated carbocycles. The predicted molar refractivity (Wildman–Crippen MR) is 99.2 cm³/mol. The van der Waals surface area contributed by atoms with Crippen molar-refractivity contribution in [1.82, 2.24) is 4.90 Å². The molecule has 0 spiro atoms. The van der Waals surface area contributed by atoms with Gasteiger partial charge in [0.05, 0.1) is 5.02 Å². The Labute approximate surface area is 156 Å². The van der Waals surface area contributed by atoms with E-state index in [1.165, 1.54) is 5.57 Å². The molecular formula is C19H17Cl2NO3. The topological polar surface area (TPSA) is 49.8 Å². The number of rotatable bonds is 4. The van der Waals surface area contributed by atoms with E-state index < -0.39 is 0 Å². The van der Waals surface area contributed by atoms with Gasteiger partial charge in [-0.05, 0) is 47.9 Å². The molecule has 0 unspecified atom stereocenters. The number of carbonyl (C=O) groups is 1. The fourth-order valence-electron chi connectivity index (χ4n) is 2.66. The van der Waals surface area contributed by atoms with Crippen LogP contribution in [0.4, 0.5) is 0 Å². The second kappa shape index (κ2) is 7.81. The maximum absolute atomic E-state index is 12.3.